The number of benzene rings is 1. The third-order valence-electron chi connectivity index (χ3n) is 3.61. The van der Waals surface area contributed by atoms with Crippen LogP contribution in [0, 0.1) is 5.92 Å². The second-order valence-electron chi connectivity index (χ2n) is 5.52. The van der Waals surface area contributed by atoms with Gasteiger partial charge in [0, 0.05) is 36.1 Å². The third kappa shape index (κ3) is 4.64. The highest BCUT2D eigenvalue weighted by Crippen LogP contribution is 2.21. The standard InChI is InChI=1S/C16H24N2O2S/c1-12(11-21-3)16(19)17-14-4-6-15(7-5-14)18-8-9-20-13(2)10-18/h4-7,12-13H,8-11H2,1-3H3,(H,17,19)/t12-,13+/m0/s1. The van der Waals surface area contributed by atoms with Crippen LogP contribution in [0.4, 0.5) is 11.4 Å². The third-order valence-corrected chi connectivity index (χ3v) is 4.44. The number of rotatable bonds is 5. The van der Waals surface area contributed by atoms with Gasteiger partial charge in [-0.05, 0) is 37.4 Å². The zero-order chi connectivity index (χ0) is 15.2. The van der Waals surface area contributed by atoms with Crippen LogP contribution in [0.2, 0.25) is 0 Å². The maximum atomic E-state index is 12.0. The van der Waals surface area contributed by atoms with Crippen LogP contribution in [0.25, 0.3) is 0 Å². The molecular weight excluding hydrogens is 284 g/mol. The van der Waals surface area contributed by atoms with Crippen LogP contribution < -0.4 is 10.2 Å². The summed E-state index contributed by atoms with van der Waals surface area (Å²) < 4.78 is 5.55. The van der Waals surface area contributed by atoms with Crippen LogP contribution in [0.5, 0.6) is 0 Å². The Morgan fingerprint density at radius 2 is 2.19 bits per heavy atom. The van der Waals surface area contributed by atoms with Gasteiger partial charge in [0.05, 0.1) is 12.7 Å². The van der Waals surface area contributed by atoms with Crippen molar-refractivity contribution in [3.63, 3.8) is 0 Å². The summed E-state index contributed by atoms with van der Waals surface area (Å²) in [6, 6.07) is 8.07. The number of anilines is 2. The van der Waals surface area contributed by atoms with Gasteiger partial charge in [-0.3, -0.25) is 4.79 Å². The van der Waals surface area contributed by atoms with Crippen LogP contribution in [-0.2, 0) is 9.53 Å². The number of thioether (sulfide) groups is 1. The Balaban J connectivity index is 1.94. The second kappa shape index (κ2) is 7.71. The molecule has 1 aliphatic heterocycles. The fourth-order valence-corrected chi connectivity index (χ4v) is 3.05. The molecule has 1 aromatic rings. The van der Waals surface area contributed by atoms with Gasteiger partial charge in [-0.25, -0.2) is 0 Å². The molecular formula is C16H24N2O2S. The SMILES string of the molecule is CSC[C@H](C)C(=O)Nc1ccc(N2CCO[C@H](C)C2)cc1. The van der Waals surface area contributed by atoms with Crippen LogP contribution in [0.3, 0.4) is 0 Å². The van der Waals surface area contributed by atoms with Crippen molar-refractivity contribution in [1.29, 1.82) is 0 Å². The van der Waals surface area contributed by atoms with Gasteiger partial charge in [0.25, 0.3) is 0 Å². The Labute approximate surface area is 131 Å². The highest BCUT2D eigenvalue weighted by Gasteiger charge is 2.17. The summed E-state index contributed by atoms with van der Waals surface area (Å²) in [6.45, 7) is 6.65. The largest absolute Gasteiger partial charge is 0.375 e. The molecule has 21 heavy (non-hydrogen) atoms. The fourth-order valence-electron chi connectivity index (χ4n) is 2.40. The molecule has 1 heterocycles. The van der Waals surface area contributed by atoms with E-state index in [9.17, 15) is 4.79 Å². The lowest BCUT2D eigenvalue weighted by Gasteiger charge is -2.33. The summed E-state index contributed by atoms with van der Waals surface area (Å²) in [7, 11) is 0. The first kappa shape index (κ1) is 16.2. The van der Waals surface area contributed by atoms with Gasteiger partial charge < -0.3 is 15.0 Å². The van der Waals surface area contributed by atoms with Crippen molar-refractivity contribution in [2.75, 3.05) is 41.9 Å². The minimum atomic E-state index is 0.0276. The number of carbonyl (C=O) groups is 1. The number of morpholine rings is 1. The van der Waals surface area contributed by atoms with Crippen molar-refractivity contribution < 1.29 is 9.53 Å². The molecule has 0 radical (unpaired) electrons. The smallest absolute Gasteiger partial charge is 0.228 e. The van der Waals surface area contributed by atoms with Crippen LogP contribution >= 0.6 is 11.8 Å². The quantitative estimate of drug-likeness (QED) is 0.908. The summed E-state index contributed by atoms with van der Waals surface area (Å²) in [4.78, 5) is 14.3. The molecule has 0 aliphatic carbocycles. The number of hydrogen-bond donors (Lipinski definition) is 1. The summed E-state index contributed by atoms with van der Waals surface area (Å²) in [5, 5.41) is 2.97. The molecule has 0 unspecified atom stereocenters. The van der Waals surface area contributed by atoms with Gasteiger partial charge >= 0.3 is 0 Å². The molecule has 0 bridgehead atoms. The summed E-state index contributed by atoms with van der Waals surface area (Å²) in [6.07, 6.45) is 2.28. The first-order valence-corrected chi connectivity index (χ1v) is 8.76. The Bertz CT molecular complexity index is 464. The van der Waals surface area contributed by atoms with Crippen LogP contribution in [0.15, 0.2) is 24.3 Å². The van der Waals surface area contributed by atoms with E-state index in [1.165, 1.54) is 5.69 Å². The summed E-state index contributed by atoms with van der Waals surface area (Å²) in [5.74, 6) is 0.951. The van der Waals surface area contributed by atoms with Crippen molar-refractivity contribution in [3.05, 3.63) is 24.3 Å². The van der Waals surface area contributed by atoms with E-state index in [0.29, 0.717) is 0 Å². The van der Waals surface area contributed by atoms with Crippen molar-refractivity contribution in [2.24, 2.45) is 5.92 Å². The highest BCUT2D eigenvalue weighted by molar-refractivity contribution is 7.98. The van der Waals surface area contributed by atoms with Crippen molar-refractivity contribution in [3.8, 4) is 0 Å². The Morgan fingerprint density at radius 1 is 1.48 bits per heavy atom. The maximum absolute atomic E-state index is 12.0. The highest BCUT2D eigenvalue weighted by atomic mass is 32.2. The minimum Gasteiger partial charge on any atom is -0.375 e. The van der Waals surface area contributed by atoms with Gasteiger partial charge in [-0.1, -0.05) is 6.92 Å². The maximum Gasteiger partial charge on any atom is 0.228 e. The van der Waals surface area contributed by atoms with E-state index in [4.69, 9.17) is 4.74 Å². The molecule has 0 aromatic heterocycles. The van der Waals surface area contributed by atoms with Gasteiger partial charge in [-0.15, -0.1) is 0 Å². The zero-order valence-corrected chi connectivity index (χ0v) is 13.8. The summed E-state index contributed by atoms with van der Waals surface area (Å²) in [5.41, 5.74) is 2.04. The predicted octanol–water partition coefficient (Wildman–Crippen LogP) is 2.85. The van der Waals surface area contributed by atoms with Gasteiger partial charge in [0.15, 0.2) is 0 Å². The van der Waals surface area contributed by atoms with Crippen LogP contribution in [0.1, 0.15) is 13.8 Å². The molecule has 0 spiro atoms. The van der Waals surface area contributed by atoms with Gasteiger partial charge in [0.2, 0.25) is 5.91 Å². The lowest BCUT2D eigenvalue weighted by Crippen LogP contribution is -2.41. The molecule has 4 nitrogen and oxygen atoms in total. The van der Waals surface area contributed by atoms with Crippen molar-refractivity contribution in [2.45, 2.75) is 20.0 Å². The van der Waals surface area contributed by atoms with Crippen LogP contribution in [-0.4, -0.2) is 43.7 Å². The van der Waals surface area contributed by atoms with E-state index >= 15 is 0 Å². The van der Waals surface area contributed by atoms with E-state index in [2.05, 4.69) is 29.3 Å². The topological polar surface area (TPSA) is 41.6 Å². The number of amides is 1. The van der Waals surface area contributed by atoms with Crippen molar-refractivity contribution >= 4 is 29.0 Å². The molecule has 1 aromatic carbocycles. The molecule has 1 amide bonds. The number of nitrogens with zero attached hydrogens (tertiary/aromatic N) is 1. The lowest BCUT2D eigenvalue weighted by atomic mass is 10.2. The number of carbonyl (C=O) groups excluding carboxylic acids is 1. The molecule has 0 saturated carbocycles. The molecule has 116 valence electrons. The van der Waals surface area contributed by atoms with Crippen molar-refractivity contribution in [1.82, 2.24) is 0 Å². The average Bonchev–Trinajstić information content (AvgIpc) is 2.48. The molecule has 1 N–H and O–H groups in total. The average molecular weight is 308 g/mol. The molecule has 1 saturated heterocycles. The Kier molecular flexibility index (Phi) is 5.94. The minimum absolute atomic E-state index is 0.0276. The Hall–Kier alpha value is -1.20. The molecule has 1 aliphatic rings. The number of nitrogens with one attached hydrogen (secondary N) is 1. The predicted molar refractivity (Wildman–Crippen MR) is 90.2 cm³/mol. The first-order chi connectivity index (χ1) is 10.1. The molecule has 5 heteroatoms. The lowest BCUT2D eigenvalue weighted by molar-refractivity contribution is -0.118. The molecule has 2 atom stereocenters. The van der Waals surface area contributed by atoms with E-state index < -0.39 is 0 Å². The first-order valence-electron chi connectivity index (χ1n) is 7.36. The monoisotopic (exact) mass is 308 g/mol. The van der Waals surface area contributed by atoms with E-state index in [1.54, 1.807) is 11.8 Å². The normalized spacial score (nSPS) is 20.1. The second-order valence-corrected chi connectivity index (χ2v) is 6.43. The number of ether oxygens (including phenoxy) is 1. The summed E-state index contributed by atoms with van der Waals surface area (Å²) >= 11 is 1.69. The molecule has 2 rings (SSSR count). The fraction of sp³-hybridized carbons (Fsp3) is 0.562. The molecule has 1 fully saturated rings. The van der Waals surface area contributed by atoms with Gasteiger partial charge in [0.1, 0.15) is 0 Å². The van der Waals surface area contributed by atoms with E-state index in [-0.39, 0.29) is 17.9 Å². The Morgan fingerprint density at radius 3 is 2.81 bits per heavy atom. The van der Waals surface area contributed by atoms with Gasteiger partial charge in [-0.2, -0.15) is 11.8 Å². The zero-order valence-electron chi connectivity index (χ0n) is 13.0. The number of hydrogen-bond acceptors (Lipinski definition) is 4. The van der Waals surface area contributed by atoms with E-state index in [0.717, 1.165) is 31.1 Å². The van der Waals surface area contributed by atoms with E-state index in [1.807, 2.05) is 25.3 Å².